The SMILES string of the molecule is O=C(O)[C@H](O)c1ccccc1.[Ca+2].[H-].[H-].[H-].[H-].[Mg+2]. The Hall–Kier alpha value is 0.676. The van der Waals surface area contributed by atoms with Gasteiger partial charge >= 0.3 is 66.8 Å². The molecule has 0 aromatic heterocycles. The van der Waals surface area contributed by atoms with Crippen molar-refractivity contribution in [3.8, 4) is 0 Å². The Labute approximate surface area is 128 Å². The molecule has 13 heavy (non-hydrogen) atoms. The Morgan fingerprint density at radius 2 is 1.77 bits per heavy atom. The van der Waals surface area contributed by atoms with Crippen molar-refractivity contribution in [3.05, 3.63) is 35.9 Å². The van der Waals surface area contributed by atoms with Gasteiger partial charge < -0.3 is 15.9 Å². The first-order chi connectivity index (χ1) is 5.22. The fourth-order valence-corrected chi connectivity index (χ4v) is 0.778. The van der Waals surface area contributed by atoms with E-state index in [1.165, 1.54) is 0 Å². The van der Waals surface area contributed by atoms with Gasteiger partial charge in [-0.25, -0.2) is 4.79 Å². The minimum absolute atomic E-state index is 0. The van der Waals surface area contributed by atoms with Crippen LogP contribution in [0.4, 0.5) is 0 Å². The average Bonchev–Trinajstić information content (AvgIpc) is 2.05. The molecule has 1 atom stereocenters. The van der Waals surface area contributed by atoms with E-state index in [0.29, 0.717) is 5.56 Å². The van der Waals surface area contributed by atoms with Gasteiger partial charge in [-0.15, -0.1) is 0 Å². The molecule has 0 heterocycles. The zero-order chi connectivity index (χ0) is 8.27. The van der Waals surface area contributed by atoms with Crippen molar-refractivity contribution in [1.82, 2.24) is 0 Å². The predicted molar refractivity (Wildman–Crippen MR) is 55.0 cm³/mol. The van der Waals surface area contributed by atoms with Gasteiger partial charge in [-0.2, -0.15) is 0 Å². The third-order valence-corrected chi connectivity index (χ3v) is 1.35. The number of carboxylic acid groups (broad SMARTS) is 1. The van der Waals surface area contributed by atoms with Gasteiger partial charge in [0.25, 0.3) is 0 Å². The van der Waals surface area contributed by atoms with Crippen molar-refractivity contribution in [2.75, 3.05) is 0 Å². The van der Waals surface area contributed by atoms with Crippen LogP contribution in [0.5, 0.6) is 0 Å². The number of hydrogen-bond acceptors (Lipinski definition) is 2. The molecule has 5 heteroatoms. The molecule has 0 saturated carbocycles. The Kier molecular flexibility index (Phi) is 9.95. The summed E-state index contributed by atoms with van der Waals surface area (Å²) in [6, 6.07) is 8.26. The normalized spacial score (nSPS) is 10.5. The van der Waals surface area contributed by atoms with E-state index < -0.39 is 12.1 Å². The van der Waals surface area contributed by atoms with E-state index in [1.54, 1.807) is 30.3 Å². The summed E-state index contributed by atoms with van der Waals surface area (Å²) in [5.74, 6) is -1.23. The number of benzene rings is 1. The third-order valence-electron chi connectivity index (χ3n) is 1.35. The summed E-state index contributed by atoms with van der Waals surface area (Å²) in [5, 5.41) is 17.4. The van der Waals surface area contributed by atoms with E-state index in [4.69, 9.17) is 10.2 Å². The molecule has 0 amide bonds. The van der Waals surface area contributed by atoms with Crippen LogP contribution in [0.1, 0.15) is 17.4 Å². The maximum Gasteiger partial charge on any atom is 2.00 e. The van der Waals surface area contributed by atoms with Gasteiger partial charge in [0.15, 0.2) is 6.10 Å². The molecule has 0 saturated heterocycles. The van der Waals surface area contributed by atoms with Crippen molar-refractivity contribution in [2.45, 2.75) is 6.10 Å². The third kappa shape index (κ3) is 5.20. The summed E-state index contributed by atoms with van der Waals surface area (Å²) in [4.78, 5) is 10.2. The van der Waals surface area contributed by atoms with E-state index in [1.807, 2.05) is 0 Å². The molecule has 2 N–H and O–H groups in total. The van der Waals surface area contributed by atoms with Gasteiger partial charge in [0.1, 0.15) is 0 Å². The number of aliphatic hydroxyl groups excluding tert-OH is 1. The zero-order valence-corrected chi connectivity index (χ0v) is 10.8. The quantitative estimate of drug-likeness (QED) is 0.714. The number of aliphatic carboxylic acids is 1. The minimum Gasteiger partial charge on any atom is -1.00 e. The molecule has 0 bridgehead atoms. The molecule has 0 aliphatic heterocycles. The second-order valence-electron chi connectivity index (χ2n) is 2.15. The van der Waals surface area contributed by atoms with Gasteiger partial charge in [0, 0.05) is 0 Å². The van der Waals surface area contributed by atoms with Gasteiger partial charge in [-0.05, 0) is 5.56 Å². The molecule has 66 valence electrons. The van der Waals surface area contributed by atoms with Crippen molar-refractivity contribution in [3.63, 3.8) is 0 Å². The summed E-state index contributed by atoms with van der Waals surface area (Å²) in [6.07, 6.45) is -1.41. The molecular weight excluding hydrogens is 208 g/mol. The number of aliphatic hydroxyl groups is 1. The molecule has 3 nitrogen and oxygen atoms in total. The molecule has 1 rings (SSSR count). The molecular formula is C8H12CaMgO3. The van der Waals surface area contributed by atoms with Crippen LogP contribution in [-0.2, 0) is 4.79 Å². The van der Waals surface area contributed by atoms with Crippen LogP contribution >= 0.6 is 0 Å². The first-order valence-corrected chi connectivity index (χ1v) is 3.17. The molecule has 0 aliphatic carbocycles. The number of hydrogen-bond donors (Lipinski definition) is 2. The summed E-state index contributed by atoms with van der Waals surface area (Å²) in [5.41, 5.74) is 0.403. The fraction of sp³-hybridized carbons (Fsp3) is 0.125. The van der Waals surface area contributed by atoms with Crippen LogP contribution in [0.25, 0.3) is 0 Å². The van der Waals surface area contributed by atoms with E-state index in [-0.39, 0.29) is 66.5 Å². The van der Waals surface area contributed by atoms with Gasteiger partial charge in [0.2, 0.25) is 0 Å². The largest absolute Gasteiger partial charge is 2.00 e. The maximum absolute atomic E-state index is 10.2. The minimum atomic E-state index is -1.41. The molecule has 0 aliphatic rings. The molecule has 0 fully saturated rings. The molecule has 1 aromatic carbocycles. The summed E-state index contributed by atoms with van der Waals surface area (Å²) in [7, 11) is 0. The number of carbonyl (C=O) groups is 1. The predicted octanol–water partition coefficient (Wildman–Crippen LogP) is 0.493. The van der Waals surface area contributed by atoms with E-state index >= 15 is 0 Å². The summed E-state index contributed by atoms with van der Waals surface area (Å²) < 4.78 is 0. The van der Waals surface area contributed by atoms with Crippen molar-refractivity contribution >= 4 is 66.8 Å². The molecule has 1 aromatic rings. The summed E-state index contributed by atoms with van der Waals surface area (Å²) in [6.45, 7) is 0. The van der Waals surface area contributed by atoms with E-state index in [2.05, 4.69) is 0 Å². The van der Waals surface area contributed by atoms with E-state index in [9.17, 15) is 4.79 Å². The Bertz CT molecular complexity index is 266. The smallest absolute Gasteiger partial charge is 1.00 e. The molecule has 0 radical (unpaired) electrons. The van der Waals surface area contributed by atoms with E-state index in [0.717, 1.165) is 0 Å². The van der Waals surface area contributed by atoms with Gasteiger partial charge in [-0.1, -0.05) is 30.3 Å². The van der Waals surface area contributed by atoms with Crippen LogP contribution in [-0.4, -0.2) is 77.0 Å². The first-order valence-electron chi connectivity index (χ1n) is 3.17. The topological polar surface area (TPSA) is 57.5 Å². The van der Waals surface area contributed by atoms with Crippen molar-refractivity contribution in [1.29, 1.82) is 0 Å². The standard InChI is InChI=1S/C8H8O3.Ca.Mg.4H/c9-7(8(10)11)6-4-2-1-3-5-6;;;;;;/h1-5,7,9H,(H,10,11);;;;;;/q;2*+2;4*-1/t7-;;;;;;/m1....../s1. The van der Waals surface area contributed by atoms with Gasteiger partial charge in [0.05, 0.1) is 0 Å². The Morgan fingerprint density at radius 1 is 1.31 bits per heavy atom. The van der Waals surface area contributed by atoms with Crippen molar-refractivity contribution in [2.24, 2.45) is 0 Å². The monoisotopic (exact) mass is 220 g/mol. The Balaban J connectivity index is -0.0000000504. The summed E-state index contributed by atoms with van der Waals surface area (Å²) >= 11 is 0. The zero-order valence-electron chi connectivity index (χ0n) is 11.2. The average molecular weight is 221 g/mol. The fourth-order valence-electron chi connectivity index (χ4n) is 0.778. The van der Waals surface area contributed by atoms with Crippen LogP contribution in [0.3, 0.4) is 0 Å². The second kappa shape index (κ2) is 8.02. The molecule has 0 unspecified atom stereocenters. The molecule has 0 spiro atoms. The van der Waals surface area contributed by atoms with Crippen molar-refractivity contribution < 1.29 is 20.7 Å². The Morgan fingerprint density at radius 3 is 2.15 bits per heavy atom. The van der Waals surface area contributed by atoms with Crippen LogP contribution < -0.4 is 0 Å². The second-order valence-corrected chi connectivity index (χ2v) is 2.15. The maximum atomic E-state index is 10.2. The van der Waals surface area contributed by atoms with Crippen LogP contribution in [0.2, 0.25) is 0 Å². The first kappa shape index (κ1) is 16.1. The van der Waals surface area contributed by atoms with Crippen LogP contribution in [0, 0.1) is 0 Å². The van der Waals surface area contributed by atoms with Gasteiger partial charge in [-0.3, -0.25) is 0 Å². The number of carboxylic acids is 1. The number of rotatable bonds is 2. The van der Waals surface area contributed by atoms with Crippen LogP contribution in [0.15, 0.2) is 30.3 Å².